The molecule has 0 spiro atoms. The van der Waals surface area contributed by atoms with Gasteiger partial charge < -0.3 is 4.42 Å². The van der Waals surface area contributed by atoms with Gasteiger partial charge >= 0.3 is 5.76 Å². The Bertz CT molecular complexity index is 1080. The quantitative estimate of drug-likeness (QED) is 0.721. The van der Waals surface area contributed by atoms with Crippen molar-refractivity contribution in [2.75, 3.05) is 5.75 Å². The normalized spacial score (nSPS) is 12.0. The molecule has 6 nitrogen and oxygen atoms in total. The highest BCUT2D eigenvalue weighted by atomic mass is 32.2. The minimum absolute atomic E-state index is 0.0225. The Morgan fingerprint density at radius 1 is 1.25 bits per heavy atom. The maximum Gasteiger partial charge on any atom is 0.419 e. The van der Waals surface area contributed by atoms with E-state index in [0.29, 0.717) is 16.6 Å². The molecule has 0 saturated heterocycles. The maximum absolute atomic E-state index is 14.4. The highest BCUT2D eigenvalue weighted by Gasteiger charge is 2.15. The molecule has 0 aliphatic rings. The summed E-state index contributed by atoms with van der Waals surface area (Å²) in [5, 5.41) is 0. The molecule has 0 atom stereocenters. The second kappa shape index (κ2) is 5.86. The second-order valence-electron chi connectivity index (χ2n) is 5.49. The molecule has 2 aromatic heterocycles. The van der Waals surface area contributed by atoms with Crippen LogP contribution in [0.15, 0.2) is 39.8 Å². The van der Waals surface area contributed by atoms with Crippen molar-refractivity contribution in [1.82, 2.24) is 9.55 Å². The van der Waals surface area contributed by atoms with E-state index >= 15 is 0 Å². The maximum atomic E-state index is 14.4. The minimum Gasteiger partial charge on any atom is -0.408 e. The molecule has 0 bridgehead atoms. The molecular weight excluding hydrogens is 335 g/mol. The SMILES string of the molecule is CCS(=O)(=O)Cc1cncc(-c2cc3c(cc2F)oc(=O)n3C)c1. The summed E-state index contributed by atoms with van der Waals surface area (Å²) < 4.78 is 44.1. The van der Waals surface area contributed by atoms with Crippen molar-refractivity contribution in [2.45, 2.75) is 12.7 Å². The van der Waals surface area contributed by atoms with Crippen LogP contribution in [0.25, 0.3) is 22.2 Å². The van der Waals surface area contributed by atoms with Gasteiger partial charge in [-0.05, 0) is 17.7 Å². The van der Waals surface area contributed by atoms with Crippen molar-refractivity contribution in [3.8, 4) is 11.1 Å². The molecule has 1 aromatic carbocycles. The molecule has 0 amide bonds. The number of oxazole rings is 1. The van der Waals surface area contributed by atoms with Gasteiger partial charge in [-0.2, -0.15) is 0 Å². The van der Waals surface area contributed by atoms with Crippen LogP contribution in [0, 0.1) is 5.82 Å². The second-order valence-corrected chi connectivity index (χ2v) is 7.84. The molecule has 24 heavy (non-hydrogen) atoms. The van der Waals surface area contributed by atoms with E-state index in [1.807, 2.05) is 0 Å². The lowest BCUT2D eigenvalue weighted by Crippen LogP contribution is -2.08. The van der Waals surface area contributed by atoms with E-state index in [-0.39, 0.29) is 22.7 Å². The molecular formula is C16H15FN2O4S. The summed E-state index contributed by atoms with van der Waals surface area (Å²) in [5.41, 5.74) is 1.74. The van der Waals surface area contributed by atoms with Crippen LogP contribution < -0.4 is 5.76 Å². The predicted molar refractivity (Wildman–Crippen MR) is 87.8 cm³/mol. The number of hydrogen-bond donors (Lipinski definition) is 0. The molecule has 0 aliphatic carbocycles. The zero-order valence-corrected chi connectivity index (χ0v) is 13.9. The van der Waals surface area contributed by atoms with Crippen LogP contribution in [-0.4, -0.2) is 23.7 Å². The number of nitrogens with zero attached hydrogens (tertiary/aromatic N) is 2. The van der Waals surface area contributed by atoms with E-state index in [1.54, 1.807) is 13.0 Å². The Kier molecular flexibility index (Phi) is 4.00. The molecule has 0 unspecified atom stereocenters. The van der Waals surface area contributed by atoms with Crippen molar-refractivity contribution in [3.63, 3.8) is 0 Å². The summed E-state index contributed by atoms with van der Waals surface area (Å²) in [4.78, 5) is 15.5. The number of aromatic nitrogens is 2. The predicted octanol–water partition coefficient (Wildman–Crippen LogP) is 2.27. The Balaban J connectivity index is 2.12. The van der Waals surface area contributed by atoms with E-state index < -0.39 is 21.4 Å². The first-order chi connectivity index (χ1) is 11.3. The van der Waals surface area contributed by atoms with Crippen LogP contribution in [0.4, 0.5) is 4.39 Å². The van der Waals surface area contributed by atoms with Crippen molar-refractivity contribution in [2.24, 2.45) is 7.05 Å². The zero-order chi connectivity index (χ0) is 17.5. The average molecular weight is 350 g/mol. The highest BCUT2D eigenvalue weighted by molar-refractivity contribution is 7.90. The molecule has 0 aliphatic heterocycles. The number of sulfone groups is 1. The van der Waals surface area contributed by atoms with Crippen LogP contribution in [-0.2, 0) is 22.6 Å². The van der Waals surface area contributed by atoms with E-state index in [9.17, 15) is 17.6 Å². The summed E-state index contributed by atoms with van der Waals surface area (Å²) in [6, 6.07) is 4.22. The number of rotatable bonds is 4. The monoisotopic (exact) mass is 350 g/mol. The highest BCUT2D eigenvalue weighted by Crippen LogP contribution is 2.27. The standard InChI is InChI=1S/C16H15FN2O4S/c1-3-24(21,22)9-10-4-11(8-18-7-10)12-5-14-15(6-13(12)17)23-16(20)19(14)2/h4-8H,3,9H2,1-2H3. The Labute approximate surface area is 137 Å². The third kappa shape index (κ3) is 2.96. The Hall–Kier alpha value is -2.48. The number of benzene rings is 1. The van der Waals surface area contributed by atoms with E-state index in [1.165, 1.54) is 30.1 Å². The van der Waals surface area contributed by atoms with Crippen LogP contribution in [0.2, 0.25) is 0 Å². The number of aryl methyl sites for hydroxylation is 1. The summed E-state index contributed by atoms with van der Waals surface area (Å²) in [7, 11) is -1.69. The van der Waals surface area contributed by atoms with Gasteiger partial charge in [0.05, 0.1) is 11.3 Å². The molecule has 0 saturated carbocycles. The van der Waals surface area contributed by atoms with Gasteiger partial charge in [0.25, 0.3) is 0 Å². The number of fused-ring (bicyclic) bond motifs is 1. The lowest BCUT2D eigenvalue weighted by atomic mass is 10.1. The summed E-state index contributed by atoms with van der Waals surface area (Å²) >= 11 is 0. The third-order valence-corrected chi connectivity index (χ3v) is 5.47. The lowest BCUT2D eigenvalue weighted by molar-refractivity contribution is 0.525. The van der Waals surface area contributed by atoms with E-state index in [2.05, 4.69) is 4.98 Å². The summed E-state index contributed by atoms with van der Waals surface area (Å²) in [5.74, 6) is -1.29. The average Bonchev–Trinajstić information content (AvgIpc) is 2.80. The van der Waals surface area contributed by atoms with Crippen molar-refractivity contribution >= 4 is 20.9 Å². The fourth-order valence-corrected chi connectivity index (χ4v) is 3.31. The molecule has 3 aromatic rings. The first kappa shape index (κ1) is 16.4. The largest absolute Gasteiger partial charge is 0.419 e. The van der Waals surface area contributed by atoms with Crippen LogP contribution >= 0.6 is 0 Å². The van der Waals surface area contributed by atoms with Gasteiger partial charge in [0, 0.05) is 42.4 Å². The van der Waals surface area contributed by atoms with Crippen molar-refractivity contribution in [1.29, 1.82) is 0 Å². The van der Waals surface area contributed by atoms with Crippen molar-refractivity contribution < 1.29 is 17.2 Å². The lowest BCUT2D eigenvalue weighted by Gasteiger charge is -2.07. The minimum atomic E-state index is -3.21. The zero-order valence-electron chi connectivity index (χ0n) is 13.1. The fourth-order valence-electron chi connectivity index (χ4n) is 2.44. The van der Waals surface area contributed by atoms with Gasteiger partial charge in [0.2, 0.25) is 0 Å². The first-order valence-electron chi connectivity index (χ1n) is 7.24. The Morgan fingerprint density at radius 3 is 2.71 bits per heavy atom. The van der Waals surface area contributed by atoms with Crippen LogP contribution in [0.3, 0.4) is 0 Å². The molecule has 8 heteroatoms. The van der Waals surface area contributed by atoms with E-state index in [0.717, 1.165) is 6.07 Å². The van der Waals surface area contributed by atoms with Crippen molar-refractivity contribution in [3.05, 3.63) is 52.5 Å². The first-order valence-corrected chi connectivity index (χ1v) is 9.06. The molecule has 126 valence electrons. The molecule has 3 rings (SSSR count). The van der Waals surface area contributed by atoms with Gasteiger partial charge in [-0.1, -0.05) is 6.92 Å². The van der Waals surface area contributed by atoms with Gasteiger partial charge in [0.1, 0.15) is 5.82 Å². The smallest absolute Gasteiger partial charge is 0.408 e. The van der Waals surface area contributed by atoms with Gasteiger partial charge in [0.15, 0.2) is 15.4 Å². The molecule has 2 heterocycles. The fraction of sp³-hybridized carbons (Fsp3) is 0.250. The molecule has 0 fully saturated rings. The summed E-state index contributed by atoms with van der Waals surface area (Å²) in [6.45, 7) is 1.57. The number of pyridine rings is 1. The van der Waals surface area contributed by atoms with Gasteiger partial charge in [-0.3, -0.25) is 9.55 Å². The summed E-state index contributed by atoms with van der Waals surface area (Å²) in [6.07, 6.45) is 2.89. The number of halogens is 1. The van der Waals surface area contributed by atoms with Crippen LogP contribution in [0.1, 0.15) is 12.5 Å². The molecule has 0 radical (unpaired) electrons. The third-order valence-electron chi connectivity index (χ3n) is 3.81. The topological polar surface area (TPSA) is 82.2 Å². The molecule has 0 N–H and O–H groups in total. The van der Waals surface area contributed by atoms with E-state index in [4.69, 9.17) is 4.42 Å². The van der Waals surface area contributed by atoms with Gasteiger partial charge in [-0.15, -0.1) is 0 Å². The van der Waals surface area contributed by atoms with Crippen LogP contribution in [0.5, 0.6) is 0 Å². The number of hydrogen-bond acceptors (Lipinski definition) is 5. The Morgan fingerprint density at radius 2 is 2.00 bits per heavy atom. The van der Waals surface area contributed by atoms with Gasteiger partial charge in [-0.25, -0.2) is 17.6 Å².